The molecule has 0 fully saturated rings. The summed E-state index contributed by atoms with van der Waals surface area (Å²) in [6, 6.07) is 96.9. The lowest BCUT2D eigenvalue weighted by Gasteiger charge is -2.27. The molecule has 0 unspecified atom stereocenters. The van der Waals surface area contributed by atoms with E-state index in [0.717, 1.165) is 33.9 Å². The lowest BCUT2D eigenvalue weighted by molar-refractivity contribution is 1.19. The summed E-state index contributed by atoms with van der Waals surface area (Å²) in [5.74, 6) is 0. The van der Waals surface area contributed by atoms with Crippen molar-refractivity contribution in [2.24, 2.45) is 0 Å². The fourth-order valence-corrected chi connectivity index (χ4v) is 9.78. The van der Waals surface area contributed by atoms with Gasteiger partial charge in [0, 0.05) is 38.9 Å². The molecule has 2 nitrogen and oxygen atoms in total. The third-order valence-corrected chi connectivity index (χ3v) is 13.0. The summed E-state index contributed by atoms with van der Waals surface area (Å²) in [7, 11) is 0. The summed E-state index contributed by atoms with van der Waals surface area (Å²) in [5, 5.41) is 4.98. The molecule has 0 aliphatic heterocycles. The van der Waals surface area contributed by atoms with Gasteiger partial charge in [0.15, 0.2) is 0 Å². The highest BCUT2D eigenvalue weighted by molar-refractivity contribution is 6.18. The van der Waals surface area contributed by atoms with Gasteiger partial charge in [0.05, 0.1) is 11.0 Å². The van der Waals surface area contributed by atoms with Crippen molar-refractivity contribution in [1.29, 1.82) is 0 Å². The number of benzene rings is 11. The Morgan fingerprint density at radius 1 is 0.258 bits per heavy atom. The second kappa shape index (κ2) is 16.8. The Morgan fingerprint density at radius 3 is 1.32 bits per heavy atom. The van der Waals surface area contributed by atoms with Crippen LogP contribution in [0.5, 0.6) is 0 Å². The lowest BCUT2D eigenvalue weighted by atomic mass is 9.93. The molecule has 0 atom stereocenters. The van der Waals surface area contributed by atoms with Crippen LogP contribution in [0.2, 0.25) is 0 Å². The molecule has 0 amide bonds. The Kier molecular flexibility index (Phi) is 9.89. The number of hydrogen-bond acceptors (Lipinski definition) is 1. The van der Waals surface area contributed by atoms with Crippen molar-refractivity contribution >= 4 is 49.6 Å². The molecule has 0 saturated carbocycles. The van der Waals surface area contributed by atoms with Crippen molar-refractivity contribution < 1.29 is 0 Å². The van der Waals surface area contributed by atoms with Crippen LogP contribution in [-0.2, 0) is 0 Å². The molecule has 0 spiro atoms. The number of rotatable bonds is 9. The van der Waals surface area contributed by atoms with Crippen LogP contribution in [0, 0.1) is 0 Å². The molecule has 0 aliphatic rings. The van der Waals surface area contributed by atoms with Gasteiger partial charge in [-0.2, -0.15) is 0 Å². The number of aromatic nitrogens is 1. The molecule has 0 radical (unpaired) electrons. The monoisotopic (exact) mass is 840 g/mol. The number of para-hydroxylation sites is 1. The van der Waals surface area contributed by atoms with E-state index in [4.69, 9.17) is 0 Å². The van der Waals surface area contributed by atoms with E-state index in [9.17, 15) is 0 Å². The van der Waals surface area contributed by atoms with E-state index in [1.807, 2.05) is 0 Å². The SMILES string of the molecule is c1ccc(-c2ccc(N(c3ccc(-c4cc(-c5ccccc5)cc(-n5c6ccccc6c6ccc7ccccc7c65)c4)cc3)c3ccc(-c4ccccc4)c(-c4ccccc4)c3)cc2)cc1. The van der Waals surface area contributed by atoms with Gasteiger partial charge in [-0.15, -0.1) is 0 Å². The molecule has 0 bridgehead atoms. The van der Waals surface area contributed by atoms with Crippen molar-refractivity contribution in [3.05, 3.63) is 267 Å². The zero-order valence-electron chi connectivity index (χ0n) is 36.3. The standard InChI is InChI=1S/C64H44N2/c1-5-17-45(18-6-1)47-29-34-54(35-30-47)65(56-38-40-58(49-21-9-3-10-22-49)62(44-56)50-23-11-4-12-24-50)55-36-31-48(32-37-55)53-41-52(46-19-7-2-8-20-46)42-57(43-53)66-63-28-16-15-27-60(63)61-39-33-51-25-13-14-26-59(51)64(61)66/h1-44H. The van der Waals surface area contributed by atoms with Crippen LogP contribution in [0.3, 0.4) is 0 Å². The van der Waals surface area contributed by atoms with Crippen LogP contribution in [0.15, 0.2) is 267 Å². The van der Waals surface area contributed by atoms with Crippen LogP contribution >= 0.6 is 0 Å². The minimum atomic E-state index is 1.07. The van der Waals surface area contributed by atoms with E-state index in [1.54, 1.807) is 0 Å². The molecule has 310 valence electrons. The minimum Gasteiger partial charge on any atom is -0.310 e. The van der Waals surface area contributed by atoms with E-state index in [-0.39, 0.29) is 0 Å². The summed E-state index contributed by atoms with van der Waals surface area (Å²) >= 11 is 0. The number of hydrogen-bond donors (Lipinski definition) is 0. The highest BCUT2D eigenvalue weighted by atomic mass is 15.1. The lowest BCUT2D eigenvalue weighted by Crippen LogP contribution is -2.10. The van der Waals surface area contributed by atoms with Crippen molar-refractivity contribution in [1.82, 2.24) is 4.57 Å². The Morgan fingerprint density at radius 2 is 0.712 bits per heavy atom. The van der Waals surface area contributed by atoms with Gasteiger partial charge in [-0.25, -0.2) is 0 Å². The maximum absolute atomic E-state index is 2.47. The van der Waals surface area contributed by atoms with Crippen molar-refractivity contribution in [3.8, 4) is 61.3 Å². The molecule has 0 saturated heterocycles. The molecule has 66 heavy (non-hydrogen) atoms. The Hall–Kier alpha value is -8.72. The summed E-state index contributed by atoms with van der Waals surface area (Å²) in [6.07, 6.45) is 0. The van der Waals surface area contributed by atoms with Gasteiger partial charge in [0.25, 0.3) is 0 Å². The molecule has 0 N–H and O–H groups in total. The molecule has 12 rings (SSSR count). The van der Waals surface area contributed by atoms with E-state index < -0.39 is 0 Å². The van der Waals surface area contributed by atoms with Crippen molar-refractivity contribution in [2.45, 2.75) is 0 Å². The van der Waals surface area contributed by atoms with E-state index >= 15 is 0 Å². The predicted molar refractivity (Wildman–Crippen MR) is 280 cm³/mol. The summed E-state index contributed by atoms with van der Waals surface area (Å²) < 4.78 is 2.47. The molecule has 2 heteroatoms. The minimum absolute atomic E-state index is 1.07. The van der Waals surface area contributed by atoms with Crippen molar-refractivity contribution in [3.63, 3.8) is 0 Å². The summed E-state index contributed by atoms with van der Waals surface area (Å²) in [4.78, 5) is 2.38. The molecule has 1 heterocycles. The third kappa shape index (κ3) is 7.12. The zero-order valence-corrected chi connectivity index (χ0v) is 36.3. The van der Waals surface area contributed by atoms with Gasteiger partial charge < -0.3 is 9.47 Å². The topological polar surface area (TPSA) is 8.17 Å². The fraction of sp³-hybridized carbons (Fsp3) is 0. The average molecular weight is 841 g/mol. The quantitative estimate of drug-likeness (QED) is 0.141. The van der Waals surface area contributed by atoms with Gasteiger partial charge in [0.1, 0.15) is 0 Å². The Labute approximate surface area is 385 Å². The number of fused-ring (bicyclic) bond motifs is 5. The largest absolute Gasteiger partial charge is 0.310 e. The van der Waals surface area contributed by atoms with E-state index in [2.05, 4.69) is 276 Å². The smallest absolute Gasteiger partial charge is 0.0619 e. The van der Waals surface area contributed by atoms with Gasteiger partial charge in [0.2, 0.25) is 0 Å². The van der Waals surface area contributed by atoms with Gasteiger partial charge >= 0.3 is 0 Å². The summed E-state index contributed by atoms with van der Waals surface area (Å²) in [5.41, 5.74) is 18.6. The van der Waals surface area contributed by atoms with Crippen LogP contribution in [0.4, 0.5) is 17.1 Å². The first-order valence-electron chi connectivity index (χ1n) is 22.7. The predicted octanol–water partition coefficient (Wildman–Crippen LogP) is 17.7. The van der Waals surface area contributed by atoms with Crippen LogP contribution in [0.25, 0.3) is 93.9 Å². The first kappa shape index (κ1) is 38.9. The van der Waals surface area contributed by atoms with Gasteiger partial charge in [-0.3, -0.25) is 0 Å². The number of anilines is 3. The highest BCUT2D eigenvalue weighted by Gasteiger charge is 2.19. The highest BCUT2D eigenvalue weighted by Crippen LogP contribution is 2.43. The molecular formula is C64H44N2. The van der Waals surface area contributed by atoms with Crippen LogP contribution in [-0.4, -0.2) is 4.57 Å². The van der Waals surface area contributed by atoms with Gasteiger partial charge in [-0.05, 0) is 122 Å². The van der Waals surface area contributed by atoms with Crippen molar-refractivity contribution in [2.75, 3.05) is 4.90 Å². The fourth-order valence-electron chi connectivity index (χ4n) is 9.78. The first-order chi connectivity index (χ1) is 32.7. The van der Waals surface area contributed by atoms with Crippen LogP contribution < -0.4 is 4.90 Å². The van der Waals surface area contributed by atoms with Crippen LogP contribution in [0.1, 0.15) is 0 Å². The summed E-state index contributed by atoms with van der Waals surface area (Å²) in [6.45, 7) is 0. The Balaban J connectivity index is 1.02. The molecule has 0 aliphatic carbocycles. The van der Waals surface area contributed by atoms with E-state index in [0.29, 0.717) is 0 Å². The van der Waals surface area contributed by atoms with E-state index in [1.165, 1.54) is 77.1 Å². The Bertz CT molecular complexity index is 3650. The second-order valence-electron chi connectivity index (χ2n) is 16.9. The molecular weight excluding hydrogens is 797 g/mol. The number of nitrogens with zero attached hydrogens (tertiary/aromatic N) is 2. The zero-order chi connectivity index (χ0) is 43.8. The third-order valence-electron chi connectivity index (χ3n) is 13.0. The maximum Gasteiger partial charge on any atom is 0.0619 e. The first-order valence-corrected chi connectivity index (χ1v) is 22.7. The normalized spacial score (nSPS) is 11.3. The molecule has 12 aromatic rings. The van der Waals surface area contributed by atoms with Gasteiger partial charge in [-0.1, -0.05) is 206 Å². The second-order valence-corrected chi connectivity index (χ2v) is 16.9. The molecule has 11 aromatic carbocycles. The maximum atomic E-state index is 2.47. The molecule has 1 aromatic heterocycles. The average Bonchev–Trinajstić information content (AvgIpc) is 3.75.